The standard InChI is InChI=1S/C20H20ClN3O3/c1-22-18(25)11-13-4-7-15(8-5-13)23-20(27)16-9-6-14(21)12-17(16)24-10-2-3-19(24)26/h4-9,12H,2-3,10-11H2,1H3,(H,22,25)(H,23,27). The van der Waals surface area contributed by atoms with Crippen molar-refractivity contribution in [3.63, 3.8) is 0 Å². The smallest absolute Gasteiger partial charge is 0.257 e. The number of amides is 3. The second-order valence-corrected chi connectivity index (χ2v) is 6.75. The molecule has 1 aliphatic heterocycles. The maximum Gasteiger partial charge on any atom is 0.257 e. The molecule has 0 spiro atoms. The van der Waals surface area contributed by atoms with Crippen LogP contribution in [0.4, 0.5) is 11.4 Å². The van der Waals surface area contributed by atoms with Crippen LogP contribution >= 0.6 is 11.6 Å². The van der Waals surface area contributed by atoms with Gasteiger partial charge in [0.1, 0.15) is 0 Å². The van der Waals surface area contributed by atoms with E-state index in [-0.39, 0.29) is 24.1 Å². The summed E-state index contributed by atoms with van der Waals surface area (Å²) < 4.78 is 0. The third kappa shape index (κ3) is 4.46. The molecule has 0 saturated carbocycles. The minimum absolute atomic E-state index is 0.00938. The third-order valence-corrected chi connectivity index (χ3v) is 4.66. The number of rotatable bonds is 5. The Kier molecular flexibility index (Phi) is 5.76. The molecular formula is C20H20ClN3O3. The molecule has 6 nitrogen and oxygen atoms in total. The van der Waals surface area contributed by atoms with Gasteiger partial charge in [-0.05, 0) is 42.3 Å². The summed E-state index contributed by atoms with van der Waals surface area (Å²) in [4.78, 5) is 37.9. The molecule has 1 fully saturated rings. The Morgan fingerprint density at radius 1 is 1.15 bits per heavy atom. The van der Waals surface area contributed by atoms with E-state index in [2.05, 4.69) is 10.6 Å². The van der Waals surface area contributed by atoms with Crippen LogP contribution < -0.4 is 15.5 Å². The van der Waals surface area contributed by atoms with Crippen LogP contribution in [0.25, 0.3) is 0 Å². The molecular weight excluding hydrogens is 366 g/mol. The Hall–Kier alpha value is -2.86. The summed E-state index contributed by atoms with van der Waals surface area (Å²) in [6, 6.07) is 12.0. The number of likely N-dealkylation sites (N-methyl/N-ethyl adjacent to an activating group) is 1. The molecule has 0 radical (unpaired) electrons. The molecule has 0 unspecified atom stereocenters. The number of hydrogen-bond donors (Lipinski definition) is 2. The predicted octanol–water partition coefficient (Wildman–Crippen LogP) is 3.01. The fraction of sp³-hybridized carbons (Fsp3) is 0.250. The van der Waals surface area contributed by atoms with Crippen LogP contribution in [0.15, 0.2) is 42.5 Å². The van der Waals surface area contributed by atoms with Gasteiger partial charge in [0.25, 0.3) is 5.91 Å². The quantitative estimate of drug-likeness (QED) is 0.830. The summed E-state index contributed by atoms with van der Waals surface area (Å²) in [5.74, 6) is -0.404. The molecule has 3 rings (SSSR count). The van der Waals surface area contributed by atoms with Crippen LogP contribution in [-0.4, -0.2) is 31.3 Å². The Labute approximate surface area is 162 Å². The molecule has 7 heteroatoms. The van der Waals surface area contributed by atoms with Gasteiger partial charge in [0.05, 0.1) is 17.7 Å². The van der Waals surface area contributed by atoms with Crippen LogP contribution in [0.3, 0.4) is 0 Å². The highest BCUT2D eigenvalue weighted by Crippen LogP contribution is 2.29. The van der Waals surface area contributed by atoms with Crippen molar-refractivity contribution in [2.45, 2.75) is 19.3 Å². The first-order valence-corrected chi connectivity index (χ1v) is 9.06. The lowest BCUT2D eigenvalue weighted by molar-refractivity contribution is -0.120. The van der Waals surface area contributed by atoms with E-state index in [0.29, 0.717) is 34.9 Å². The molecule has 0 aliphatic carbocycles. The number of nitrogens with zero attached hydrogens (tertiary/aromatic N) is 1. The molecule has 1 heterocycles. The molecule has 2 N–H and O–H groups in total. The van der Waals surface area contributed by atoms with E-state index in [0.717, 1.165) is 12.0 Å². The number of hydrogen-bond acceptors (Lipinski definition) is 3. The minimum Gasteiger partial charge on any atom is -0.359 e. The van der Waals surface area contributed by atoms with Gasteiger partial charge in [0.15, 0.2) is 0 Å². The summed E-state index contributed by atoms with van der Waals surface area (Å²) >= 11 is 6.08. The number of nitrogens with one attached hydrogen (secondary N) is 2. The Balaban J connectivity index is 1.78. The van der Waals surface area contributed by atoms with Crippen LogP contribution in [-0.2, 0) is 16.0 Å². The molecule has 140 valence electrons. The summed E-state index contributed by atoms with van der Waals surface area (Å²) in [7, 11) is 1.59. The zero-order valence-electron chi connectivity index (χ0n) is 14.9. The first kappa shape index (κ1) is 18.9. The van der Waals surface area contributed by atoms with Gasteiger partial charge in [-0.2, -0.15) is 0 Å². The summed E-state index contributed by atoms with van der Waals surface area (Å²) in [6.45, 7) is 0.577. The summed E-state index contributed by atoms with van der Waals surface area (Å²) in [5, 5.41) is 5.87. The maximum absolute atomic E-state index is 12.8. The van der Waals surface area contributed by atoms with Gasteiger partial charge in [-0.25, -0.2) is 0 Å². The van der Waals surface area contributed by atoms with Gasteiger partial charge < -0.3 is 15.5 Å². The van der Waals surface area contributed by atoms with Crippen molar-refractivity contribution in [2.24, 2.45) is 0 Å². The number of benzene rings is 2. The number of anilines is 2. The fourth-order valence-corrected chi connectivity index (χ4v) is 3.17. The lowest BCUT2D eigenvalue weighted by atomic mass is 10.1. The molecule has 27 heavy (non-hydrogen) atoms. The van der Waals surface area contributed by atoms with E-state index in [1.165, 1.54) is 0 Å². The highest BCUT2D eigenvalue weighted by atomic mass is 35.5. The van der Waals surface area contributed by atoms with Gasteiger partial charge in [-0.3, -0.25) is 14.4 Å². The molecule has 0 aromatic heterocycles. The Morgan fingerprint density at radius 3 is 2.52 bits per heavy atom. The van der Waals surface area contributed by atoms with Crippen molar-refractivity contribution in [3.8, 4) is 0 Å². The normalized spacial score (nSPS) is 13.6. The van der Waals surface area contributed by atoms with Crippen molar-refractivity contribution >= 4 is 40.7 Å². The third-order valence-electron chi connectivity index (χ3n) is 4.42. The first-order chi connectivity index (χ1) is 13.0. The molecule has 0 bridgehead atoms. The first-order valence-electron chi connectivity index (χ1n) is 8.68. The van der Waals surface area contributed by atoms with E-state index < -0.39 is 0 Å². The van der Waals surface area contributed by atoms with E-state index in [1.54, 1.807) is 54.4 Å². The molecule has 1 saturated heterocycles. The lowest BCUT2D eigenvalue weighted by Crippen LogP contribution is -2.27. The maximum atomic E-state index is 12.8. The zero-order chi connectivity index (χ0) is 19.4. The SMILES string of the molecule is CNC(=O)Cc1ccc(NC(=O)c2ccc(Cl)cc2N2CCCC2=O)cc1. The van der Waals surface area contributed by atoms with E-state index in [9.17, 15) is 14.4 Å². The van der Waals surface area contributed by atoms with Gasteiger partial charge in [-0.15, -0.1) is 0 Å². The topological polar surface area (TPSA) is 78.5 Å². The fourth-order valence-electron chi connectivity index (χ4n) is 3.00. The van der Waals surface area contributed by atoms with E-state index in [4.69, 9.17) is 11.6 Å². The summed E-state index contributed by atoms with van der Waals surface area (Å²) in [5.41, 5.74) is 2.37. The van der Waals surface area contributed by atoms with Crippen molar-refractivity contribution in [3.05, 3.63) is 58.6 Å². The Bertz CT molecular complexity index is 881. The monoisotopic (exact) mass is 385 g/mol. The van der Waals surface area contributed by atoms with Crippen molar-refractivity contribution < 1.29 is 14.4 Å². The second-order valence-electron chi connectivity index (χ2n) is 6.31. The van der Waals surface area contributed by atoms with Crippen LogP contribution in [0.5, 0.6) is 0 Å². The zero-order valence-corrected chi connectivity index (χ0v) is 15.7. The number of carbonyl (C=O) groups excluding carboxylic acids is 3. The molecule has 0 atom stereocenters. The van der Waals surface area contributed by atoms with Crippen LogP contribution in [0, 0.1) is 0 Å². The van der Waals surface area contributed by atoms with Crippen molar-refractivity contribution in [2.75, 3.05) is 23.8 Å². The molecule has 2 aromatic rings. The predicted molar refractivity (Wildman–Crippen MR) is 105 cm³/mol. The lowest BCUT2D eigenvalue weighted by Gasteiger charge is -2.20. The highest BCUT2D eigenvalue weighted by Gasteiger charge is 2.26. The Morgan fingerprint density at radius 2 is 1.89 bits per heavy atom. The minimum atomic E-state index is -0.319. The molecule has 2 aromatic carbocycles. The molecule has 3 amide bonds. The van der Waals surface area contributed by atoms with E-state index in [1.807, 2.05) is 0 Å². The highest BCUT2D eigenvalue weighted by molar-refractivity contribution is 6.31. The number of halogens is 1. The van der Waals surface area contributed by atoms with Gasteiger partial charge >= 0.3 is 0 Å². The van der Waals surface area contributed by atoms with Crippen molar-refractivity contribution in [1.29, 1.82) is 0 Å². The average molecular weight is 386 g/mol. The average Bonchev–Trinajstić information content (AvgIpc) is 3.08. The largest absolute Gasteiger partial charge is 0.359 e. The van der Waals surface area contributed by atoms with Crippen molar-refractivity contribution in [1.82, 2.24) is 5.32 Å². The number of carbonyl (C=O) groups is 3. The second kappa shape index (κ2) is 8.22. The molecule has 1 aliphatic rings. The van der Waals surface area contributed by atoms with Gasteiger partial charge in [-0.1, -0.05) is 23.7 Å². The van der Waals surface area contributed by atoms with Crippen LogP contribution in [0.2, 0.25) is 5.02 Å². The van der Waals surface area contributed by atoms with Crippen LogP contribution in [0.1, 0.15) is 28.8 Å². The summed E-state index contributed by atoms with van der Waals surface area (Å²) in [6.07, 6.45) is 1.52. The van der Waals surface area contributed by atoms with Gasteiger partial charge in [0, 0.05) is 30.7 Å². The van der Waals surface area contributed by atoms with Gasteiger partial charge in [0.2, 0.25) is 11.8 Å². The van der Waals surface area contributed by atoms with E-state index >= 15 is 0 Å².